The van der Waals surface area contributed by atoms with Gasteiger partial charge in [-0.2, -0.15) is 0 Å². The minimum absolute atomic E-state index is 0.0343. The zero-order chi connectivity index (χ0) is 31.1. The fourth-order valence-electron chi connectivity index (χ4n) is 5.13. The van der Waals surface area contributed by atoms with Crippen molar-refractivity contribution in [2.75, 3.05) is 23.1 Å². The minimum Gasteiger partial charge on any atom is -0.497 e. The van der Waals surface area contributed by atoms with Crippen molar-refractivity contribution in [3.63, 3.8) is 0 Å². The number of hydrogen-bond acceptors (Lipinski definition) is 5. The average molecular weight is 585 g/mol. The van der Waals surface area contributed by atoms with Crippen LogP contribution < -0.4 is 26.4 Å². The molecule has 0 saturated carbocycles. The molecule has 0 spiro atoms. The Morgan fingerprint density at radius 1 is 0.727 bits per heavy atom. The van der Waals surface area contributed by atoms with Gasteiger partial charge in [-0.3, -0.25) is 19.3 Å². The smallest absolute Gasteiger partial charge is 0.255 e. The Balaban J connectivity index is 1.62. The molecule has 0 bridgehead atoms. The Morgan fingerprint density at radius 2 is 1.27 bits per heavy atom. The Labute approximate surface area is 255 Å². The average Bonchev–Trinajstić information content (AvgIpc) is 3.06. The maximum atomic E-state index is 14.9. The summed E-state index contributed by atoms with van der Waals surface area (Å²) in [5.74, 6) is -1.12. The van der Waals surface area contributed by atoms with E-state index in [9.17, 15) is 14.4 Å². The second kappa shape index (κ2) is 13.0. The molecule has 0 aromatic heterocycles. The number of rotatable bonds is 10. The van der Waals surface area contributed by atoms with E-state index in [4.69, 9.17) is 16.2 Å². The molecule has 1 unspecified atom stereocenters. The zero-order valence-electron chi connectivity index (χ0n) is 24.1. The first-order valence-electron chi connectivity index (χ1n) is 14.0. The molecule has 3 amide bonds. The fourth-order valence-corrected chi connectivity index (χ4v) is 5.13. The number of nitrogens with one attached hydrogen (secondary N) is 1. The number of nitrogens with zero attached hydrogens (tertiary/aromatic N) is 1. The van der Waals surface area contributed by atoms with Crippen LogP contribution in [0.3, 0.4) is 0 Å². The number of carbonyl (C=O) groups is 3. The lowest BCUT2D eigenvalue weighted by molar-refractivity contribution is -0.134. The molecule has 0 saturated heterocycles. The highest BCUT2D eigenvalue weighted by Crippen LogP contribution is 2.37. The van der Waals surface area contributed by atoms with Crippen LogP contribution in [0.1, 0.15) is 21.5 Å². The lowest BCUT2D eigenvalue weighted by Gasteiger charge is -2.36. The first-order valence-corrected chi connectivity index (χ1v) is 14.0. The van der Waals surface area contributed by atoms with E-state index in [1.54, 1.807) is 104 Å². The molecule has 8 nitrogen and oxygen atoms in total. The van der Waals surface area contributed by atoms with Crippen molar-refractivity contribution in [1.82, 2.24) is 0 Å². The number of amides is 3. The van der Waals surface area contributed by atoms with Crippen LogP contribution >= 0.6 is 0 Å². The molecule has 0 fully saturated rings. The summed E-state index contributed by atoms with van der Waals surface area (Å²) in [6.07, 6.45) is -0.0343. The van der Waals surface area contributed by atoms with Gasteiger partial charge >= 0.3 is 0 Å². The maximum Gasteiger partial charge on any atom is 0.255 e. The number of anilines is 4. The summed E-state index contributed by atoms with van der Waals surface area (Å²) in [4.78, 5) is 43.2. The molecule has 0 aliphatic rings. The first-order chi connectivity index (χ1) is 21.3. The van der Waals surface area contributed by atoms with Gasteiger partial charge in [-0.15, -0.1) is 0 Å². The van der Waals surface area contributed by atoms with Crippen LogP contribution in [0.4, 0.5) is 22.7 Å². The first kappa shape index (κ1) is 29.6. The van der Waals surface area contributed by atoms with Crippen LogP contribution in [0.25, 0.3) is 0 Å². The number of nitrogen functional groups attached to an aromatic ring is 1. The summed E-state index contributed by atoms with van der Waals surface area (Å²) >= 11 is 0. The highest BCUT2D eigenvalue weighted by molar-refractivity contribution is 6.19. The molecule has 5 rings (SSSR count). The molecule has 44 heavy (non-hydrogen) atoms. The molecule has 220 valence electrons. The van der Waals surface area contributed by atoms with Crippen molar-refractivity contribution in [1.29, 1.82) is 0 Å². The van der Waals surface area contributed by atoms with Crippen molar-refractivity contribution >= 4 is 40.5 Å². The standard InChI is InChI=1S/C36H32N4O4/c1-44-30-22-16-25(17-23-30)24-36(34(38)42,35(43)40(28-10-4-2-5-11-28)29-12-6-3-7-13-29)27-20-18-26(19-21-27)33(41)39-32-15-9-8-14-31(32)37/h2-23H,24,37H2,1H3,(H2,38,42)(H,39,41). The van der Waals surface area contributed by atoms with Crippen LogP contribution in [0.15, 0.2) is 133 Å². The van der Waals surface area contributed by atoms with E-state index in [1.165, 1.54) is 4.90 Å². The van der Waals surface area contributed by atoms with Gasteiger partial charge < -0.3 is 21.5 Å². The van der Waals surface area contributed by atoms with Crippen molar-refractivity contribution in [2.45, 2.75) is 11.8 Å². The molecule has 0 radical (unpaired) electrons. The van der Waals surface area contributed by atoms with Crippen molar-refractivity contribution < 1.29 is 19.1 Å². The van der Waals surface area contributed by atoms with Crippen molar-refractivity contribution in [2.24, 2.45) is 5.73 Å². The lowest BCUT2D eigenvalue weighted by Crippen LogP contribution is -2.55. The zero-order valence-corrected chi connectivity index (χ0v) is 24.1. The van der Waals surface area contributed by atoms with Gasteiger partial charge in [0.2, 0.25) is 5.91 Å². The number of carbonyl (C=O) groups excluding carboxylic acids is 3. The summed E-state index contributed by atoms with van der Waals surface area (Å²) in [5, 5.41) is 2.80. The Kier molecular flexibility index (Phi) is 8.72. The number of primary amides is 1. The summed E-state index contributed by atoms with van der Waals surface area (Å²) in [6.45, 7) is 0. The van der Waals surface area contributed by atoms with E-state index >= 15 is 0 Å². The molecule has 0 aliphatic heterocycles. The van der Waals surface area contributed by atoms with Gasteiger partial charge in [-0.1, -0.05) is 72.8 Å². The van der Waals surface area contributed by atoms with Gasteiger partial charge in [-0.25, -0.2) is 0 Å². The maximum absolute atomic E-state index is 14.9. The molecule has 0 aliphatic carbocycles. The topological polar surface area (TPSA) is 128 Å². The summed E-state index contributed by atoms with van der Waals surface area (Å²) in [7, 11) is 1.56. The van der Waals surface area contributed by atoms with E-state index in [0.717, 1.165) is 0 Å². The Morgan fingerprint density at radius 3 is 1.80 bits per heavy atom. The normalized spacial score (nSPS) is 12.0. The molecule has 1 atom stereocenters. The van der Waals surface area contributed by atoms with Crippen LogP contribution in [0, 0.1) is 0 Å². The lowest BCUT2D eigenvalue weighted by atomic mass is 9.73. The molecule has 5 N–H and O–H groups in total. The predicted octanol–water partition coefficient (Wildman–Crippen LogP) is 5.86. The van der Waals surface area contributed by atoms with Crippen LogP contribution in [-0.4, -0.2) is 24.8 Å². The van der Waals surface area contributed by atoms with Gasteiger partial charge in [0, 0.05) is 16.9 Å². The van der Waals surface area contributed by atoms with Gasteiger partial charge in [0.1, 0.15) is 5.75 Å². The Hall–Kier alpha value is -5.89. The highest BCUT2D eigenvalue weighted by Gasteiger charge is 2.49. The molecular weight excluding hydrogens is 552 g/mol. The molecule has 8 heteroatoms. The van der Waals surface area contributed by atoms with E-state index in [-0.39, 0.29) is 6.42 Å². The summed E-state index contributed by atoms with van der Waals surface area (Å²) in [5.41, 5.74) is 13.8. The van der Waals surface area contributed by atoms with E-state index in [0.29, 0.717) is 45.2 Å². The van der Waals surface area contributed by atoms with Crippen molar-refractivity contribution in [3.05, 3.63) is 150 Å². The Bertz CT molecular complexity index is 1720. The van der Waals surface area contributed by atoms with Gasteiger partial charge in [0.05, 0.1) is 18.5 Å². The second-order valence-electron chi connectivity index (χ2n) is 10.2. The van der Waals surface area contributed by atoms with Crippen LogP contribution in [-0.2, 0) is 21.4 Å². The number of hydrogen-bond donors (Lipinski definition) is 3. The third kappa shape index (κ3) is 6.00. The quantitative estimate of drug-likeness (QED) is 0.140. The second-order valence-corrected chi connectivity index (χ2v) is 10.2. The molecular formula is C36H32N4O4. The molecule has 5 aromatic rings. The van der Waals surface area contributed by atoms with E-state index < -0.39 is 23.1 Å². The number of ether oxygens (including phenoxy) is 1. The molecule has 0 heterocycles. The summed E-state index contributed by atoms with van der Waals surface area (Å²) < 4.78 is 5.31. The van der Waals surface area contributed by atoms with Gasteiger partial charge in [-0.05, 0) is 78.2 Å². The fraction of sp³-hybridized carbons (Fsp3) is 0.0833. The number of methoxy groups -OCH3 is 1. The van der Waals surface area contributed by atoms with Gasteiger partial charge in [0.15, 0.2) is 5.41 Å². The highest BCUT2D eigenvalue weighted by atomic mass is 16.5. The third-order valence-corrected chi connectivity index (χ3v) is 7.49. The number of para-hydroxylation sites is 4. The number of benzene rings is 5. The van der Waals surface area contributed by atoms with Crippen molar-refractivity contribution in [3.8, 4) is 5.75 Å². The third-order valence-electron chi connectivity index (χ3n) is 7.49. The van der Waals surface area contributed by atoms with E-state index in [2.05, 4.69) is 5.32 Å². The van der Waals surface area contributed by atoms with Crippen LogP contribution in [0.5, 0.6) is 5.75 Å². The molecule has 5 aromatic carbocycles. The van der Waals surface area contributed by atoms with E-state index in [1.807, 2.05) is 36.4 Å². The minimum atomic E-state index is -1.85. The monoisotopic (exact) mass is 584 g/mol. The SMILES string of the molecule is COc1ccc(CC(C(N)=O)(C(=O)N(c2ccccc2)c2ccccc2)c2ccc(C(=O)Nc3ccccc3N)cc2)cc1. The van der Waals surface area contributed by atoms with Crippen LogP contribution in [0.2, 0.25) is 0 Å². The predicted molar refractivity (Wildman–Crippen MR) is 173 cm³/mol. The largest absolute Gasteiger partial charge is 0.497 e. The summed E-state index contributed by atoms with van der Waals surface area (Å²) in [6, 6.07) is 38.6. The van der Waals surface area contributed by atoms with Gasteiger partial charge in [0.25, 0.3) is 11.8 Å². The number of nitrogens with two attached hydrogens (primary N) is 2.